The third-order valence-electron chi connectivity index (χ3n) is 4.24. The molecule has 0 bridgehead atoms. The maximum atomic E-state index is 11.1. The largest absolute Gasteiger partial charge is 0.478 e. The Hall–Kier alpha value is -1.95. The van der Waals surface area contributed by atoms with E-state index in [1.54, 1.807) is 18.2 Å². The minimum absolute atomic E-state index is 0.280. The highest BCUT2D eigenvalue weighted by Crippen LogP contribution is 2.28. The summed E-state index contributed by atoms with van der Waals surface area (Å²) < 4.78 is 1.89. The normalized spacial score (nSPS) is 24.1. The molecule has 2 heterocycles. The zero-order chi connectivity index (χ0) is 14.3. The number of nitrogens with zero attached hydrogens (tertiary/aromatic N) is 4. The van der Waals surface area contributed by atoms with Crippen LogP contribution in [0.2, 0.25) is 0 Å². The van der Waals surface area contributed by atoms with Crippen molar-refractivity contribution in [3.63, 3.8) is 0 Å². The van der Waals surface area contributed by atoms with Gasteiger partial charge in [0.2, 0.25) is 0 Å². The molecule has 2 aromatic rings. The molecule has 1 aromatic carbocycles. The highest BCUT2D eigenvalue weighted by atomic mass is 16.4. The van der Waals surface area contributed by atoms with Crippen molar-refractivity contribution in [2.75, 3.05) is 13.6 Å². The number of benzene rings is 1. The van der Waals surface area contributed by atoms with Gasteiger partial charge in [-0.05, 0) is 45.0 Å². The molecule has 1 aliphatic heterocycles. The van der Waals surface area contributed by atoms with Crippen molar-refractivity contribution in [2.24, 2.45) is 0 Å². The van der Waals surface area contributed by atoms with Gasteiger partial charge < -0.3 is 10.0 Å². The van der Waals surface area contributed by atoms with Crippen LogP contribution in [-0.2, 0) is 0 Å². The van der Waals surface area contributed by atoms with Crippen molar-refractivity contribution >= 4 is 17.0 Å². The lowest BCUT2D eigenvalue weighted by Gasteiger charge is -2.35. The molecular formula is C14H18N4O2. The first-order chi connectivity index (χ1) is 9.56. The Morgan fingerprint density at radius 3 is 2.95 bits per heavy atom. The van der Waals surface area contributed by atoms with Crippen LogP contribution in [0.4, 0.5) is 0 Å². The number of aromatic nitrogens is 3. The van der Waals surface area contributed by atoms with E-state index in [0.717, 1.165) is 30.4 Å². The van der Waals surface area contributed by atoms with Crippen LogP contribution in [0.3, 0.4) is 0 Å². The lowest BCUT2D eigenvalue weighted by atomic mass is 9.99. The number of hydrogen-bond donors (Lipinski definition) is 1. The number of piperidine rings is 1. The Bertz CT molecular complexity index is 652. The molecule has 20 heavy (non-hydrogen) atoms. The van der Waals surface area contributed by atoms with Gasteiger partial charge in [-0.25, -0.2) is 9.48 Å². The average molecular weight is 274 g/mol. The highest BCUT2D eigenvalue weighted by molar-refractivity contribution is 5.92. The van der Waals surface area contributed by atoms with Crippen LogP contribution in [0.5, 0.6) is 0 Å². The van der Waals surface area contributed by atoms with Gasteiger partial charge >= 0.3 is 5.97 Å². The average Bonchev–Trinajstić information content (AvgIpc) is 2.84. The molecule has 0 amide bonds. The van der Waals surface area contributed by atoms with Crippen molar-refractivity contribution in [1.82, 2.24) is 19.9 Å². The molecule has 6 heteroatoms. The second-order valence-electron chi connectivity index (χ2n) is 5.55. The van der Waals surface area contributed by atoms with E-state index in [-0.39, 0.29) is 11.6 Å². The van der Waals surface area contributed by atoms with Crippen LogP contribution >= 0.6 is 0 Å². The summed E-state index contributed by atoms with van der Waals surface area (Å²) in [6.07, 6.45) is 2.02. The van der Waals surface area contributed by atoms with Gasteiger partial charge in [-0.3, -0.25) is 0 Å². The molecule has 106 valence electrons. The van der Waals surface area contributed by atoms with Crippen molar-refractivity contribution < 1.29 is 9.90 Å². The number of fused-ring (bicyclic) bond motifs is 1. The Labute approximate surface area is 117 Å². The maximum Gasteiger partial charge on any atom is 0.335 e. The predicted molar refractivity (Wildman–Crippen MR) is 74.9 cm³/mol. The molecule has 6 nitrogen and oxygen atoms in total. The SMILES string of the molecule is CC1CC(n2nnc3ccc(C(=O)O)cc32)CCN1C. The van der Waals surface area contributed by atoms with Crippen LogP contribution < -0.4 is 0 Å². The van der Waals surface area contributed by atoms with Crippen molar-refractivity contribution in [2.45, 2.75) is 31.8 Å². The number of likely N-dealkylation sites (tertiary alicyclic amines) is 1. The van der Waals surface area contributed by atoms with Gasteiger partial charge in [0.1, 0.15) is 5.52 Å². The summed E-state index contributed by atoms with van der Waals surface area (Å²) in [5.41, 5.74) is 1.84. The monoisotopic (exact) mass is 274 g/mol. The molecule has 2 atom stereocenters. The number of rotatable bonds is 2. The van der Waals surface area contributed by atoms with Crippen LogP contribution in [0.1, 0.15) is 36.2 Å². The van der Waals surface area contributed by atoms with Gasteiger partial charge in [0.25, 0.3) is 0 Å². The third-order valence-corrected chi connectivity index (χ3v) is 4.24. The Morgan fingerprint density at radius 2 is 2.25 bits per heavy atom. The van der Waals surface area contributed by atoms with Gasteiger partial charge in [-0.1, -0.05) is 5.21 Å². The Balaban J connectivity index is 1.99. The molecular weight excluding hydrogens is 256 g/mol. The minimum atomic E-state index is -0.920. The van der Waals surface area contributed by atoms with Crippen LogP contribution in [0.15, 0.2) is 18.2 Å². The standard InChI is InChI=1S/C14H18N4O2/c1-9-7-11(5-6-17(9)2)18-13-8-10(14(19)20)3-4-12(13)15-16-18/h3-4,8-9,11H,5-7H2,1-2H3,(H,19,20). The summed E-state index contributed by atoms with van der Waals surface area (Å²) in [6.45, 7) is 3.22. The van der Waals surface area contributed by atoms with Crippen molar-refractivity contribution in [1.29, 1.82) is 0 Å². The van der Waals surface area contributed by atoms with Gasteiger partial charge in [0.05, 0.1) is 17.1 Å². The molecule has 0 spiro atoms. The second kappa shape index (κ2) is 4.86. The van der Waals surface area contributed by atoms with Crippen LogP contribution in [0, 0.1) is 0 Å². The summed E-state index contributed by atoms with van der Waals surface area (Å²) in [5, 5.41) is 17.5. The first-order valence-electron chi connectivity index (χ1n) is 6.84. The predicted octanol–water partition coefficient (Wildman–Crippen LogP) is 1.78. The van der Waals surface area contributed by atoms with E-state index in [4.69, 9.17) is 5.11 Å². The molecule has 0 saturated carbocycles. The lowest BCUT2D eigenvalue weighted by Crippen LogP contribution is -2.38. The van der Waals surface area contributed by atoms with E-state index < -0.39 is 5.97 Å². The number of carboxylic acids is 1. The first kappa shape index (κ1) is 13.1. The molecule has 0 aliphatic carbocycles. The molecule has 3 rings (SSSR count). The van der Waals surface area contributed by atoms with Gasteiger partial charge in [0, 0.05) is 12.6 Å². The summed E-state index contributed by atoms with van der Waals surface area (Å²) >= 11 is 0. The van der Waals surface area contributed by atoms with Crippen molar-refractivity contribution in [3.8, 4) is 0 Å². The Morgan fingerprint density at radius 1 is 1.45 bits per heavy atom. The molecule has 1 saturated heterocycles. The van der Waals surface area contributed by atoms with Crippen LogP contribution in [-0.4, -0.2) is 50.6 Å². The fourth-order valence-corrected chi connectivity index (χ4v) is 2.83. The fourth-order valence-electron chi connectivity index (χ4n) is 2.83. The van der Waals surface area contributed by atoms with E-state index in [2.05, 4.69) is 29.2 Å². The molecule has 1 N–H and O–H groups in total. The molecule has 2 unspecified atom stereocenters. The molecule has 1 fully saturated rings. The van der Waals surface area contributed by atoms with Crippen molar-refractivity contribution in [3.05, 3.63) is 23.8 Å². The van der Waals surface area contributed by atoms with E-state index in [1.165, 1.54) is 0 Å². The van der Waals surface area contributed by atoms with Gasteiger partial charge in [0.15, 0.2) is 0 Å². The smallest absolute Gasteiger partial charge is 0.335 e. The minimum Gasteiger partial charge on any atom is -0.478 e. The molecule has 0 radical (unpaired) electrons. The highest BCUT2D eigenvalue weighted by Gasteiger charge is 2.26. The number of carboxylic acid groups (broad SMARTS) is 1. The number of hydrogen-bond acceptors (Lipinski definition) is 4. The zero-order valence-electron chi connectivity index (χ0n) is 11.7. The topological polar surface area (TPSA) is 71.2 Å². The second-order valence-corrected chi connectivity index (χ2v) is 5.55. The van der Waals surface area contributed by atoms with E-state index in [1.807, 2.05) is 4.68 Å². The van der Waals surface area contributed by atoms with E-state index in [0.29, 0.717) is 6.04 Å². The third kappa shape index (κ3) is 2.16. The zero-order valence-corrected chi connectivity index (χ0v) is 11.7. The number of aromatic carboxylic acids is 1. The quantitative estimate of drug-likeness (QED) is 0.904. The summed E-state index contributed by atoms with van der Waals surface area (Å²) in [5.74, 6) is -0.920. The van der Waals surface area contributed by atoms with E-state index >= 15 is 0 Å². The maximum absolute atomic E-state index is 11.1. The molecule has 1 aliphatic rings. The summed E-state index contributed by atoms with van der Waals surface area (Å²) in [4.78, 5) is 13.4. The lowest BCUT2D eigenvalue weighted by molar-refractivity contribution is 0.0697. The fraction of sp³-hybridized carbons (Fsp3) is 0.500. The molecule has 1 aromatic heterocycles. The van der Waals surface area contributed by atoms with Gasteiger partial charge in [-0.2, -0.15) is 0 Å². The van der Waals surface area contributed by atoms with Gasteiger partial charge in [-0.15, -0.1) is 5.10 Å². The summed E-state index contributed by atoms with van der Waals surface area (Å²) in [6, 6.07) is 5.74. The first-order valence-corrected chi connectivity index (χ1v) is 6.84. The Kier molecular flexibility index (Phi) is 3.17. The number of carbonyl (C=O) groups is 1. The summed E-state index contributed by atoms with van der Waals surface area (Å²) in [7, 11) is 2.13. The van der Waals surface area contributed by atoms with Crippen LogP contribution in [0.25, 0.3) is 11.0 Å². The van der Waals surface area contributed by atoms with E-state index in [9.17, 15) is 4.79 Å².